The molecule has 0 aromatic carbocycles. The fraction of sp³-hybridized carbons (Fsp3) is 0.545. The molecule has 0 saturated heterocycles. The average molecular weight is 225 g/mol. The van der Waals surface area contributed by atoms with Gasteiger partial charge < -0.3 is 5.11 Å². The first-order valence-corrected chi connectivity index (χ1v) is 6.04. The minimum Gasteiger partial charge on any atom is -0.480 e. The number of fused-ring (bicyclic) bond motifs is 1. The number of likely N-dealkylation sites (N-methyl/N-ethyl adjacent to an activating group) is 1. The van der Waals surface area contributed by atoms with E-state index < -0.39 is 5.97 Å². The molecule has 1 atom stereocenters. The molecule has 0 spiro atoms. The van der Waals surface area contributed by atoms with Gasteiger partial charge in [-0.05, 0) is 43.3 Å². The maximum absolute atomic E-state index is 10.7. The van der Waals surface area contributed by atoms with E-state index in [1.807, 2.05) is 11.9 Å². The number of hydrogen-bond donors (Lipinski definition) is 1. The first-order chi connectivity index (χ1) is 7.18. The van der Waals surface area contributed by atoms with E-state index >= 15 is 0 Å². The van der Waals surface area contributed by atoms with Gasteiger partial charge in [-0.15, -0.1) is 11.3 Å². The molecule has 0 saturated carbocycles. The highest BCUT2D eigenvalue weighted by Crippen LogP contribution is 2.36. The normalized spacial score (nSPS) is 20.3. The van der Waals surface area contributed by atoms with Crippen molar-refractivity contribution in [3.8, 4) is 0 Å². The van der Waals surface area contributed by atoms with Crippen LogP contribution in [-0.4, -0.2) is 29.6 Å². The first kappa shape index (κ1) is 10.6. The molecule has 1 aromatic rings. The lowest BCUT2D eigenvalue weighted by atomic mass is 9.93. The number of aryl methyl sites for hydroxylation is 1. The van der Waals surface area contributed by atoms with Crippen LogP contribution >= 0.6 is 11.3 Å². The van der Waals surface area contributed by atoms with Crippen molar-refractivity contribution in [3.63, 3.8) is 0 Å². The van der Waals surface area contributed by atoms with Crippen molar-refractivity contribution < 1.29 is 9.90 Å². The summed E-state index contributed by atoms with van der Waals surface area (Å²) >= 11 is 1.79. The van der Waals surface area contributed by atoms with Crippen LogP contribution in [0.1, 0.15) is 29.3 Å². The number of rotatable bonds is 3. The molecule has 0 radical (unpaired) electrons. The third-order valence-corrected chi connectivity index (χ3v) is 3.93. The van der Waals surface area contributed by atoms with Crippen LogP contribution in [0.2, 0.25) is 0 Å². The smallest absolute Gasteiger partial charge is 0.317 e. The minimum atomic E-state index is -0.750. The maximum atomic E-state index is 10.7. The average Bonchev–Trinajstić information content (AvgIpc) is 2.63. The van der Waals surface area contributed by atoms with E-state index in [0.717, 1.165) is 12.8 Å². The van der Waals surface area contributed by atoms with Crippen LogP contribution in [-0.2, 0) is 11.2 Å². The zero-order valence-corrected chi connectivity index (χ0v) is 9.59. The van der Waals surface area contributed by atoms with Crippen molar-refractivity contribution >= 4 is 17.3 Å². The van der Waals surface area contributed by atoms with E-state index in [1.165, 1.54) is 16.9 Å². The van der Waals surface area contributed by atoms with Gasteiger partial charge in [0, 0.05) is 10.9 Å². The highest BCUT2D eigenvalue weighted by atomic mass is 32.1. The van der Waals surface area contributed by atoms with Gasteiger partial charge in [-0.25, -0.2) is 0 Å². The van der Waals surface area contributed by atoms with E-state index in [9.17, 15) is 4.79 Å². The van der Waals surface area contributed by atoms with E-state index in [-0.39, 0.29) is 6.54 Å². The van der Waals surface area contributed by atoms with Gasteiger partial charge in [0.25, 0.3) is 0 Å². The fourth-order valence-electron chi connectivity index (χ4n) is 2.24. The summed E-state index contributed by atoms with van der Waals surface area (Å²) in [6.07, 6.45) is 3.40. The zero-order valence-electron chi connectivity index (χ0n) is 8.77. The third-order valence-electron chi connectivity index (χ3n) is 2.94. The second-order valence-corrected chi connectivity index (χ2v) is 5.02. The van der Waals surface area contributed by atoms with E-state index in [0.29, 0.717) is 6.04 Å². The molecular formula is C11H15NO2S. The Hall–Kier alpha value is -0.870. The summed E-state index contributed by atoms with van der Waals surface area (Å²) in [6.45, 7) is 0.125. The molecular weight excluding hydrogens is 210 g/mol. The molecule has 4 heteroatoms. The second kappa shape index (κ2) is 4.33. The molecule has 0 aliphatic heterocycles. The number of nitrogens with zero attached hydrogens (tertiary/aromatic N) is 1. The van der Waals surface area contributed by atoms with Gasteiger partial charge in [0.05, 0.1) is 6.54 Å². The Balaban J connectivity index is 2.15. The van der Waals surface area contributed by atoms with Gasteiger partial charge >= 0.3 is 5.97 Å². The molecule has 1 heterocycles. The molecule has 1 aromatic heterocycles. The summed E-state index contributed by atoms with van der Waals surface area (Å²) in [4.78, 5) is 14.0. The van der Waals surface area contributed by atoms with E-state index in [2.05, 4.69) is 11.4 Å². The Morgan fingerprint density at radius 2 is 2.53 bits per heavy atom. The number of carboxylic acid groups (broad SMARTS) is 1. The molecule has 0 amide bonds. The van der Waals surface area contributed by atoms with Crippen molar-refractivity contribution in [2.75, 3.05) is 13.6 Å². The first-order valence-electron chi connectivity index (χ1n) is 5.17. The van der Waals surface area contributed by atoms with Crippen molar-refractivity contribution in [3.05, 3.63) is 21.9 Å². The van der Waals surface area contributed by atoms with Gasteiger partial charge in [-0.3, -0.25) is 9.69 Å². The quantitative estimate of drug-likeness (QED) is 0.856. The molecule has 2 rings (SSSR count). The van der Waals surface area contributed by atoms with E-state index in [1.54, 1.807) is 11.3 Å². The van der Waals surface area contributed by atoms with Crippen LogP contribution in [0.25, 0.3) is 0 Å². The SMILES string of the molecule is CN(CC(=O)O)C1CCCc2sccc21. The Kier molecular flexibility index (Phi) is 3.07. The van der Waals surface area contributed by atoms with Gasteiger partial charge in [-0.2, -0.15) is 0 Å². The van der Waals surface area contributed by atoms with Crippen molar-refractivity contribution in [2.24, 2.45) is 0 Å². The Labute approximate surface area is 93.3 Å². The molecule has 1 unspecified atom stereocenters. The van der Waals surface area contributed by atoms with E-state index in [4.69, 9.17) is 5.11 Å². The van der Waals surface area contributed by atoms with Crippen LogP contribution < -0.4 is 0 Å². The predicted octanol–water partition coefficient (Wildman–Crippen LogP) is 2.14. The van der Waals surface area contributed by atoms with Crippen LogP contribution in [0.4, 0.5) is 0 Å². The standard InChI is InChI=1S/C11H15NO2S/c1-12(7-11(13)14)9-3-2-4-10-8(9)5-6-15-10/h5-6,9H,2-4,7H2,1H3,(H,13,14). The second-order valence-electron chi connectivity index (χ2n) is 4.02. The van der Waals surface area contributed by atoms with Crippen molar-refractivity contribution in [1.29, 1.82) is 0 Å². The molecule has 1 aliphatic rings. The van der Waals surface area contributed by atoms with Crippen molar-refractivity contribution in [1.82, 2.24) is 4.90 Å². The minimum absolute atomic E-state index is 0.125. The lowest BCUT2D eigenvalue weighted by Crippen LogP contribution is -2.31. The molecule has 1 N–H and O–H groups in total. The largest absolute Gasteiger partial charge is 0.480 e. The summed E-state index contributed by atoms with van der Waals surface area (Å²) in [5, 5.41) is 10.9. The summed E-state index contributed by atoms with van der Waals surface area (Å²) < 4.78 is 0. The third kappa shape index (κ3) is 2.21. The van der Waals surface area contributed by atoms with Gasteiger partial charge in [0.15, 0.2) is 0 Å². The van der Waals surface area contributed by atoms with Crippen LogP contribution in [0.3, 0.4) is 0 Å². The summed E-state index contributed by atoms with van der Waals surface area (Å²) in [7, 11) is 1.89. The zero-order chi connectivity index (χ0) is 10.8. The number of aliphatic carboxylic acids is 1. The van der Waals surface area contributed by atoms with Gasteiger partial charge in [0.2, 0.25) is 0 Å². The lowest BCUT2D eigenvalue weighted by molar-refractivity contribution is -0.138. The summed E-state index contributed by atoms with van der Waals surface area (Å²) in [5.41, 5.74) is 1.34. The summed E-state index contributed by atoms with van der Waals surface area (Å²) in [5.74, 6) is -0.750. The molecule has 1 aliphatic carbocycles. The molecule has 3 nitrogen and oxygen atoms in total. The Morgan fingerprint density at radius 1 is 1.73 bits per heavy atom. The maximum Gasteiger partial charge on any atom is 0.317 e. The van der Waals surface area contributed by atoms with Crippen LogP contribution in [0, 0.1) is 0 Å². The number of thiophene rings is 1. The number of carbonyl (C=O) groups is 1. The van der Waals surface area contributed by atoms with Crippen molar-refractivity contribution in [2.45, 2.75) is 25.3 Å². The molecule has 0 fully saturated rings. The topological polar surface area (TPSA) is 40.5 Å². The van der Waals surface area contributed by atoms with Gasteiger partial charge in [-0.1, -0.05) is 0 Å². The molecule has 15 heavy (non-hydrogen) atoms. The Morgan fingerprint density at radius 3 is 3.27 bits per heavy atom. The summed E-state index contributed by atoms with van der Waals surface area (Å²) in [6, 6.07) is 2.44. The highest BCUT2D eigenvalue weighted by molar-refractivity contribution is 7.10. The van der Waals surface area contributed by atoms with Crippen LogP contribution in [0.15, 0.2) is 11.4 Å². The highest BCUT2D eigenvalue weighted by Gasteiger charge is 2.25. The lowest BCUT2D eigenvalue weighted by Gasteiger charge is -2.30. The van der Waals surface area contributed by atoms with Gasteiger partial charge in [0.1, 0.15) is 0 Å². The molecule has 0 bridgehead atoms. The fourth-order valence-corrected chi connectivity index (χ4v) is 3.22. The predicted molar refractivity (Wildman–Crippen MR) is 60.3 cm³/mol. The van der Waals surface area contributed by atoms with Crippen LogP contribution in [0.5, 0.6) is 0 Å². The number of carboxylic acids is 1. The number of hydrogen-bond acceptors (Lipinski definition) is 3. The monoisotopic (exact) mass is 225 g/mol. The Bertz CT molecular complexity index is 361. The molecule has 82 valence electrons.